The molecule has 0 radical (unpaired) electrons. The van der Waals surface area contributed by atoms with E-state index in [0.717, 1.165) is 10.5 Å². The molecule has 0 aromatic heterocycles. The number of carboxylic acids is 1. The third kappa shape index (κ3) is 3.11. The van der Waals surface area contributed by atoms with Crippen LogP contribution in [0.25, 0.3) is 5.70 Å². The van der Waals surface area contributed by atoms with Gasteiger partial charge < -0.3 is 5.11 Å². The van der Waals surface area contributed by atoms with Crippen LogP contribution >= 0.6 is 23.4 Å². The Balaban J connectivity index is 2.44. The van der Waals surface area contributed by atoms with Crippen molar-refractivity contribution in [1.82, 2.24) is 4.90 Å². The van der Waals surface area contributed by atoms with Crippen molar-refractivity contribution in [3.8, 4) is 0 Å². The molecule has 0 bridgehead atoms. The molecule has 6 heteroatoms. The SMILES string of the molecule is CC1=C(c2ccc(Cl)cc2)N(CC(=O)O)C(=O)CS1. The Labute approximate surface area is 120 Å². The van der Waals surface area contributed by atoms with Gasteiger partial charge in [0.1, 0.15) is 6.54 Å². The molecule has 0 spiro atoms. The highest BCUT2D eigenvalue weighted by atomic mass is 35.5. The highest BCUT2D eigenvalue weighted by Gasteiger charge is 2.28. The first-order valence-electron chi connectivity index (χ1n) is 5.61. The topological polar surface area (TPSA) is 57.6 Å². The lowest BCUT2D eigenvalue weighted by molar-refractivity contribution is -0.141. The number of halogens is 1. The number of thioether (sulfide) groups is 1. The van der Waals surface area contributed by atoms with Gasteiger partial charge in [0.25, 0.3) is 0 Å². The van der Waals surface area contributed by atoms with Gasteiger partial charge >= 0.3 is 5.97 Å². The molecule has 0 aliphatic carbocycles. The number of amides is 1. The molecule has 1 aromatic rings. The molecule has 2 rings (SSSR count). The zero-order chi connectivity index (χ0) is 14.0. The Kier molecular flexibility index (Phi) is 4.17. The van der Waals surface area contributed by atoms with Crippen LogP contribution in [-0.4, -0.2) is 34.2 Å². The predicted molar refractivity (Wildman–Crippen MR) is 75.9 cm³/mol. The molecule has 0 saturated heterocycles. The van der Waals surface area contributed by atoms with Gasteiger partial charge in [-0.1, -0.05) is 23.7 Å². The molecule has 100 valence electrons. The first-order valence-corrected chi connectivity index (χ1v) is 6.97. The van der Waals surface area contributed by atoms with Gasteiger partial charge in [-0.2, -0.15) is 0 Å². The van der Waals surface area contributed by atoms with Gasteiger partial charge in [0.15, 0.2) is 0 Å². The van der Waals surface area contributed by atoms with Gasteiger partial charge in [-0.05, 0) is 24.6 Å². The molecule has 0 unspecified atom stereocenters. The normalized spacial score (nSPS) is 15.9. The fourth-order valence-corrected chi connectivity index (χ4v) is 2.89. The molecule has 1 amide bonds. The Hall–Kier alpha value is -1.46. The van der Waals surface area contributed by atoms with Gasteiger partial charge in [-0.3, -0.25) is 14.5 Å². The van der Waals surface area contributed by atoms with E-state index < -0.39 is 5.97 Å². The van der Waals surface area contributed by atoms with Crippen LogP contribution < -0.4 is 0 Å². The molecule has 1 aliphatic rings. The molecule has 0 saturated carbocycles. The van der Waals surface area contributed by atoms with Crippen LogP contribution in [0.15, 0.2) is 29.2 Å². The highest BCUT2D eigenvalue weighted by Crippen LogP contribution is 2.34. The summed E-state index contributed by atoms with van der Waals surface area (Å²) in [5.74, 6) is -0.946. The van der Waals surface area contributed by atoms with Crippen LogP contribution in [0, 0.1) is 0 Å². The molecule has 1 N–H and O–H groups in total. The molecular weight excluding hydrogens is 286 g/mol. The quantitative estimate of drug-likeness (QED) is 0.932. The van der Waals surface area contributed by atoms with Gasteiger partial charge in [0.05, 0.1) is 11.4 Å². The molecule has 1 aliphatic heterocycles. The van der Waals surface area contributed by atoms with Gasteiger partial charge in [0.2, 0.25) is 5.91 Å². The zero-order valence-electron chi connectivity index (χ0n) is 10.2. The minimum atomic E-state index is -1.03. The standard InChI is InChI=1S/C13H12ClNO3S/c1-8-13(9-2-4-10(14)5-3-9)15(6-12(17)18)11(16)7-19-8/h2-5H,6-7H2,1H3,(H,17,18). The molecule has 0 atom stereocenters. The number of benzene rings is 1. The van der Waals surface area contributed by atoms with E-state index in [1.807, 2.05) is 6.92 Å². The monoisotopic (exact) mass is 297 g/mol. The summed E-state index contributed by atoms with van der Waals surface area (Å²) in [5, 5.41) is 9.53. The van der Waals surface area contributed by atoms with Crippen LogP contribution in [0.5, 0.6) is 0 Å². The van der Waals surface area contributed by atoms with E-state index in [9.17, 15) is 9.59 Å². The van der Waals surface area contributed by atoms with Crippen LogP contribution in [-0.2, 0) is 9.59 Å². The first-order chi connectivity index (χ1) is 8.99. The Morgan fingerprint density at radius 1 is 1.42 bits per heavy atom. The number of carboxylic acid groups (broad SMARTS) is 1. The van der Waals surface area contributed by atoms with E-state index in [0.29, 0.717) is 10.7 Å². The summed E-state index contributed by atoms with van der Waals surface area (Å²) in [6.45, 7) is 1.56. The van der Waals surface area contributed by atoms with E-state index in [1.165, 1.54) is 16.7 Å². The number of hydrogen-bond acceptors (Lipinski definition) is 3. The number of nitrogens with zero attached hydrogens (tertiary/aromatic N) is 1. The largest absolute Gasteiger partial charge is 0.480 e. The van der Waals surface area contributed by atoms with Crippen LogP contribution in [0.1, 0.15) is 12.5 Å². The summed E-state index contributed by atoms with van der Waals surface area (Å²) < 4.78 is 0. The van der Waals surface area contributed by atoms with Crippen LogP contribution in [0.2, 0.25) is 5.02 Å². The van der Waals surface area contributed by atoms with Crippen molar-refractivity contribution in [2.45, 2.75) is 6.92 Å². The fourth-order valence-electron chi connectivity index (χ4n) is 1.90. The van der Waals surface area contributed by atoms with E-state index in [2.05, 4.69) is 0 Å². The maximum atomic E-state index is 11.9. The number of carbonyl (C=O) groups is 2. The summed E-state index contributed by atoms with van der Waals surface area (Å²) in [6, 6.07) is 7.02. The van der Waals surface area contributed by atoms with E-state index in [4.69, 9.17) is 16.7 Å². The van der Waals surface area contributed by atoms with E-state index in [1.54, 1.807) is 24.3 Å². The van der Waals surface area contributed by atoms with Crippen molar-refractivity contribution in [2.75, 3.05) is 12.3 Å². The van der Waals surface area contributed by atoms with Crippen molar-refractivity contribution in [3.05, 3.63) is 39.8 Å². The van der Waals surface area contributed by atoms with Crippen LogP contribution in [0.3, 0.4) is 0 Å². The number of allylic oxidation sites excluding steroid dienone is 1. The maximum absolute atomic E-state index is 11.9. The minimum Gasteiger partial charge on any atom is -0.480 e. The van der Waals surface area contributed by atoms with E-state index in [-0.39, 0.29) is 18.2 Å². The summed E-state index contributed by atoms with van der Waals surface area (Å²) in [4.78, 5) is 25.1. The fraction of sp³-hybridized carbons (Fsp3) is 0.231. The summed E-state index contributed by atoms with van der Waals surface area (Å²) in [5.41, 5.74) is 1.45. The average Bonchev–Trinajstić information content (AvgIpc) is 2.35. The molecule has 0 fully saturated rings. The Morgan fingerprint density at radius 2 is 2.05 bits per heavy atom. The smallest absolute Gasteiger partial charge is 0.323 e. The number of rotatable bonds is 3. The predicted octanol–water partition coefficient (Wildman–Crippen LogP) is 2.69. The minimum absolute atomic E-state index is 0.192. The number of hydrogen-bond donors (Lipinski definition) is 1. The van der Waals surface area contributed by atoms with Crippen molar-refractivity contribution in [2.24, 2.45) is 0 Å². The van der Waals surface area contributed by atoms with Crippen molar-refractivity contribution in [1.29, 1.82) is 0 Å². The summed E-state index contributed by atoms with van der Waals surface area (Å²) in [6.07, 6.45) is 0. The molecule has 19 heavy (non-hydrogen) atoms. The highest BCUT2D eigenvalue weighted by molar-refractivity contribution is 8.03. The summed E-state index contributed by atoms with van der Waals surface area (Å²) >= 11 is 7.27. The van der Waals surface area contributed by atoms with E-state index >= 15 is 0 Å². The lowest BCUT2D eigenvalue weighted by Gasteiger charge is -2.29. The summed E-state index contributed by atoms with van der Waals surface area (Å²) in [7, 11) is 0. The lowest BCUT2D eigenvalue weighted by Crippen LogP contribution is -2.38. The average molecular weight is 298 g/mol. The Morgan fingerprint density at radius 3 is 2.63 bits per heavy atom. The molecular formula is C13H12ClNO3S. The third-order valence-corrected chi connectivity index (χ3v) is 4.00. The number of carbonyl (C=O) groups excluding carboxylic acids is 1. The van der Waals surface area contributed by atoms with Gasteiger partial charge in [-0.15, -0.1) is 11.8 Å². The zero-order valence-corrected chi connectivity index (χ0v) is 11.8. The van der Waals surface area contributed by atoms with Crippen molar-refractivity contribution in [3.63, 3.8) is 0 Å². The maximum Gasteiger partial charge on any atom is 0.323 e. The second-order valence-corrected chi connectivity index (χ2v) is 5.70. The second-order valence-electron chi connectivity index (χ2n) is 4.07. The molecule has 4 nitrogen and oxygen atoms in total. The van der Waals surface area contributed by atoms with Crippen LogP contribution in [0.4, 0.5) is 0 Å². The van der Waals surface area contributed by atoms with Crippen molar-refractivity contribution < 1.29 is 14.7 Å². The molecule has 1 heterocycles. The number of aliphatic carboxylic acids is 1. The first kappa shape index (κ1) is 14.0. The van der Waals surface area contributed by atoms with Gasteiger partial charge in [0, 0.05) is 9.93 Å². The second kappa shape index (κ2) is 5.67. The lowest BCUT2D eigenvalue weighted by atomic mass is 10.1. The third-order valence-electron chi connectivity index (χ3n) is 2.73. The molecule has 1 aromatic carbocycles. The van der Waals surface area contributed by atoms with Gasteiger partial charge in [-0.25, -0.2) is 0 Å². The van der Waals surface area contributed by atoms with Crippen molar-refractivity contribution >= 4 is 40.9 Å². The Bertz CT molecular complexity index is 554.